The Morgan fingerprint density at radius 3 is 2.79 bits per heavy atom. The second-order valence-corrected chi connectivity index (χ2v) is 5.75. The van der Waals surface area contributed by atoms with Crippen molar-refractivity contribution in [1.29, 1.82) is 0 Å². The van der Waals surface area contributed by atoms with Gasteiger partial charge >= 0.3 is 6.03 Å². The van der Waals surface area contributed by atoms with Gasteiger partial charge in [0.25, 0.3) is 0 Å². The molecule has 0 saturated carbocycles. The van der Waals surface area contributed by atoms with Crippen LogP contribution in [0.3, 0.4) is 0 Å². The number of aromatic nitrogens is 3. The van der Waals surface area contributed by atoms with Crippen LogP contribution in [0.5, 0.6) is 0 Å². The summed E-state index contributed by atoms with van der Waals surface area (Å²) in [5, 5.41) is 13.8. The maximum Gasteiger partial charge on any atom is 0.319 e. The van der Waals surface area contributed by atoms with Gasteiger partial charge in [0, 0.05) is 31.7 Å². The first kappa shape index (κ1) is 15.8. The molecule has 0 atom stereocenters. The van der Waals surface area contributed by atoms with Crippen molar-refractivity contribution in [2.24, 2.45) is 0 Å². The van der Waals surface area contributed by atoms with E-state index >= 15 is 0 Å². The van der Waals surface area contributed by atoms with E-state index < -0.39 is 0 Å². The van der Waals surface area contributed by atoms with Crippen LogP contribution in [-0.4, -0.2) is 34.7 Å². The number of amides is 2. The van der Waals surface area contributed by atoms with Crippen LogP contribution in [0.1, 0.15) is 11.4 Å². The number of hydrogen-bond donors (Lipinski definition) is 2. The van der Waals surface area contributed by atoms with Crippen molar-refractivity contribution in [2.75, 3.05) is 24.3 Å². The van der Waals surface area contributed by atoms with Crippen molar-refractivity contribution in [3.05, 3.63) is 54.0 Å². The minimum atomic E-state index is -0.278. The first-order valence-electron chi connectivity index (χ1n) is 7.66. The van der Waals surface area contributed by atoms with Crippen LogP contribution >= 0.6 is 0 Å². The zero-order chi connectivity index (χ0) is 17.1. The summed E-state index contributed by atoms with van der Waals surface area (Å²) in [7, 11) is 3.98. The summed E-state index contributed by atoms with van der Waals surface area (Å²) in [5.74, 6) is 0.680. The zero-order valence-electron chi connectivity index (χ0n) is 13.9. The Bertz CT molecular complexity index is 870. The summed E-state index contributed by atoms with van der Waals surface area (Å²) in [6.07, 6.45) is 1.87. The lowest BCUT2D eigenvalue weighted by Gasteiger charge is -2.16. The molecule has 2 aromatic heterocycles. The van der Waals surface area contributed by atoms with Crippen LogP contribution < -0.4 is 15.5 Å². The molecule has 0 spiro atoms. The normalized spacial score (nSPS) is 10.6. The summed E-state index contributed by atoms with van der Waals surface area (Å²) in [5.41, 5.74) is 3.73. The quantitative estimate of drug-likeness (QED) is 0.773. The topological polar surface area (TPSA) is 74.6 Å². The molecule has 3 aromatic rings. The van der Waals surface area contributed by atoms with Crippen LogP contribution in [0, 0.1) is 6.92 Å². The summed E-state index contributed by atoms with van der Waals surface area (Å²) in [6.45, 7) is 2.31. The molecule has 7 nitrogen and oxygen atoms in total. The number of carbonyl (C=O) groups excluding carboxylic acids is 1. The van der Waals surface area contributed by atoms with Crippen molar-refractivity contribution < 1.29 is 4.79 Å². The molecule has 0 fully saturated rings. The molecule has 0 aliphatic carbocycles. The third-order valence-corrected chi connectivity index (χ3v) is 3.73. The molecule has 24 heavy (non-hydrogen) atoms. The standard InChI is InChI=1S/C17H20N6O/c1-12-10-13(7-8-14(12)22(2)3)19-17(24)18-11-16-21-20-15-6-4-5-9-23(15)16/h4-10H,11H2,1-3H3,(H2,18,19,24). The van der Waals surface area contributed by atoms with Gasteiger partial charge in [-0.3, -0.25) is 4.40 Å². The van der Waals surface area contributed by atoms with Crippen molar-refractivity contribution >= 4 is 23.1 Å². The third kappa shape index (κ3) is 3.29. The Hall–Kier alpha value is -3.09. The monoisotopic (exact) mass is 324 g/mol. The van der Waals surface area contributed by atoms with E-state index in [0.717, 1.165) is 22.6 Å². The second kappa shape index (κ2) is 6.57. The highest BCUT2D eigenvalue weighted by molar-refractivity contribution is 5.89. The van der Waals surface area contributed by atoms with Gasteiger partial charge in [0.2, 0.25) is 0 Å². The van der Waals surface area contributed by atoms with E-state index in [4.69, 9.17) is 0 Å². The van der Waals surface area contributed by atoms with Gasteiger partial charge in [-0.2, -0.15) is 0 Å². The number of nitrogens with zero attached hydrogens (tertiary/aromatic N) is 4. The highest BCUT2D eigenvalue weighted by atomic mass is 16.2. The maximum atomic E-state index is 12.1. The molecule has 2 amide bonds. The zero-order valence-corrected chi connectivity index (χ0v) is 13.9. The van der Waals surface area contributed by atoms with E-state index in [2.05, 4.69) is 20.8 Å². The number of fused-ring (bicyclic) bond motifs is 1. The van der Waals surface area contributed by atoms with Gasteiger partial charge in [-0.25, -0.2) is 4.79 Å². The minimum absolute atomic E-state index is 0.278. The van der Waals surface area contributed by atoms with Crippen LogP contribution in [-0.2, 0) is 6.54 Å². The first-order chi connectivity index (χ1) is 11.5. The Morgan fingerprint density at radius 1 is 1.21 bits per heavy atom. The molecule has 0 aliphatic rings. The molecule has 0 radical (unpaired) electrons. The number of pyridine rings is 1. The van der Waals surface area contributed by atoms with Gasteiger partial charge in [-0.05, 0) is 42.8 Å². The number of hydrogen-bond acceptors (Lipinski definition) is 4. The lowest BCUT2D eigenvalue weighted by atomic mass is 10.1. The fourth-order valence-electron chi connectivity index (χ4n) is 2.58. The van der Waals surface area contributed by atoms with Crippen molar-refractivity contribution in [2.45, 2.75) is 13.5 Å². The fraction of sp³-hybridized carbons (Fsp3) is 0.235. The van der Waals surface area contributed by atoms with E-state index in [1.54, 1.807) is 0 Å². The summed E-state index contributed by atoms with van der Waals surface area (Å²) in [4.78, 5) is 14.1. The Morgan fingerprint density at radius 2 is 2.04 bits per heavy atom. The predicted octanol–water partition coefficient (Wildman–Crippen LogP) is 2.43. The van der Waals surface area contributed by atoms with Crippen molar-refractivity contribution in [3.8, 4) is 0 Å². The molecule has 0 bridgehead atoms. The molecule has 124 valence electrons. The molecule has 1 aromatic carbocycles. The van der Waals surface area contributed by atoms with Crippen LogP contribution in [0.4, 0.5) is 16.2 Å². The number of nitrogens with one attached hydrogen (secondary N) is 2. The summed E-state index contributed by atoms with van der Waals surface area (Å²) >= 11 is 0. The van der Waals surface area contributed by atoms with E-state index in [1.165, 1.54) is 0 Å². The Balaban J connectivity index is 1.63. The minimum Gasteiger partial charge on any atom is -0.377 e. The Labute approximate surface area is 140 Å². The largest absolute Gasteiger partial charge is 0.377 e. The smallest absolute Gasteiger partial charge is 0.319 e. The average molecular weight is 324 g/mol. The molecular weight excluding hydrogens is 304 g/mol. The SMILES string of the molecule is Cc1cc(NC(=O)NCc2nnc3ccccn23)ccc1N(C)C. The van der Waals surface area contributed by atoms with Gasteiger partial charge in [-0.15, -0.1) is 10.2 Å². The number of urea groups is 1. The Kier molecular flexibility index (Phi) is 4.33. The van der Waals surface area contributed by atoms with Crippen molar-refractivity contribution in [3.63, 3.8) is 0 Å². The van der Waals surface area contributed by atoms with Gasteiger partial charge in [0.15, 0.2) is 11.5 Å². The molecule has 2 heterocycles. The molecule has 7 heteroatoms. The lowest BCUT2D eigenvalue weighted by Crippen LogP contribution is -2.29. The van der Waals surface area contributed by atoms with Gasteiger partial charge in [0.05, 0.1) is 6.54 Å². The number of carbonyl (C=O) groups is 1. The molecule has 0 aliphatic heterocycles. The molecule has 0 unspecified atom stereocenters. The van der Waals surface area contributed by atoms with E-state index in [9.17, 15) is 4.79 Å². The van der Waals surface area contributed by atoms with Gasteiger partial charge in [-0.1, -0.05) is 6.07 Å². The number of benzene rings is 1. The third-order valence-electron chi connectivity index (χ3n) is 3.73. The van der Waals surface area contributed by atoms with E-state index in [-0.39, 0.29) is 6.03 Å². The van der Waals surface area contributed by atoms with E-state index in [1.807, 2.05) is 72.9 Å². The fourth-order valence-corrected chi connectivity index (χ4v) is 2.58. The number of anilines is 2. The molecular formula is C17H20N6O. The second-order valence-electron chi connectivity index (χ2n) is 5.75. The molecule has 3 rings (SSSR count). The van der Waals surface area contributed by atoms with Crippen LogP contribution in [0.25, 0.3) is 5.65 Å². The predicted molar refractivity (Wildman–Crippen MR) is 94.4 cm³/mol. The average Bonchev–Trinajstić information content (AvgIpc) is 2.96. The lowest BCUT2D eigenvalue weighted by molar-refractivity contribution is 0.251. The van der Waals surface area contributed by atoms with E-state index in [0.29, 0.717) is 12.4 Å². The highest BCUT2D eigenvalue weighted by Gasteiger charge is 2.08. The highest BCUT2D eigenvalue weighted by Crippen LogP contribution is 2.21. The van der Waals surface area contributed by atoms with Gasteiger partial charge in [0.1, 0.15) is 0 Å². The van der Waals surface area contributed by atoms with Crippen LogP contribution in [0.15, 0.2) is 42.6 Å². The summed E-state index contributed by atoms with van der Waals surface area (Å²) < 4.78 is 1.84. The molecule has 2 N–H and O–H groups in total. The maximum absolute atomic E-state index is 12.1. The first-order valence-corrected chi connectivity index (χ1v) is 7.66. The molecule has 0 saturated heterocycles. The van der Waals surface area contributed by atoms with Gasteiger partial charge < -0.3 is 15.5 Å². The van der Waals surface area contributed by atoms with Crippen molar-refractivity contribution in [1.82, 2.24) is 19.9 Å². The number of rotatable bonds is 4. The van der Waals surface area contributed by atoms with Crippen LogP contribution in [0.2, 0.25) is 0 Å². The summed E-state index contributed by atoms with van der Waals surface area (Å²) in [6, 6.07) is 11.2. The number of aryl methyl sites for hydroxylation is 1.